The van der Waals surface area contributed by atoms with Crippen molar-refractivity contribution in [1.29, 1.82) is 0 Å². The van der Waals surface area contributed by atoms with Crippen LogP contribution in [0, 0.1) is 11.8 Å². The minimum Gasteiger partial charge on any atom is -0.372 e. The number of urea groups is 1. The lowest BCUT2D eigenvalue weighted by Crippen LogP contribution is -2.54. The molecular formula is C17H33N3O2. The van der Waals surface area contributed by atoms with E-state index in [0.29, 0.717) is 31.5 Å². The number of carbonyl (C=O) groups excluding carboxylic acids is 1. The largest absolute Gasteiger partial charge is 0.372 e. The number of nitrogens with one attached hydrogen (secondary N) is 1. The number of likely N-dealkylation sites (tertiary alicyclic amines) is 1. The fourth-order valence-corrected chi connectivity index (χ4v) is 3.42. The number of rotatable bonds is 5. The fourth-order valence-electron chi connectivity index (χ4n) is 3.42. The lowest BCUT2D eigenvalue weighted by molar-refractivity contribution is -0.0872. The van der Waals surface area contributed by atoms with Crippen molar-refractivity contribution in [2.75, 3.05) is 45.9 Å². The Bertz CT molecular complexity index is 375. The third kappa shape index (κ3) is 4.85. The second-order valence-corrected chi connectivity index (χ2v) is 7.57. The first-order valence-electron chi connectivity index (χ1n) is 8.81. The molecule has 0 aliphatic carbocycles. The van der Waals surface area contributed by atoms with Gasteiger partial charge in [-0.15, -0.1) is 0 Å². The van der Waals surface area contributed by atoms with Crippen LogP contribution in [0.5, 0.6) is 0 Å². The Morgan fingerprint density at radius 2 is 2.18 bits per heavy atom. The van der Waals surface area contributed by atoms with Gasteiger partial charge >= 0.3 is 6.03 Å². The number of amides is 2. The molecule has 0 aromatic heterocycles. The van der Waals surface area contributed by atoms with Gasteiger partial charge in [0, 0.05) is 26.2 Å². The summed E-state index contributed by atoms with van der Waals surface area (Å²) >= 11 is 0. The van der Waals surface area contributed by atoms with Crippen LogP contribution in [0.15, 0.2) is 0 Å². The average molecular weight is 311 g/mol. The number of carbonyl (C=O) groups is 1. The van der Waals surface area contributed by atoms with E-state index in [2.05, 4.69) is 37.9 Å². The molecular weight excluding hydrogens is 278 g/mol. The van der Waals surface area contributed by atoms with Crippen molar-refractivity contribution in [3.63, 3.8) is 0 Å². The summed E-state index contributed by atoms with van der Waals surface area (Å²) in [4.78, 5) is 16.8. The van der Waals surface area contributed by atoms with E-state index in [0.717, 1.165) is 19.5 Å². The van der Waals surface area contributed by atoms with E-state index in [1.54, 1.807) is 0 Å². The summed E-state index contributed by atoms with van der Waals surface area (Å²) in [7, 11) is 0. The fraction of sp³-hybridized carbons (Fsp3) is 0.941. The minimum atomic E-state index is -0.184. The first-order chi connectivity index (χ1) is 10.4. The Labute approximate surface area is 135 Å². The number of morpholine rings is 1. The van der Waals surface area contributed by atoms with E-state index in [1.807, 2.05) is 4.90 Å². The topological polar surface area (TPSA) is 44.8 Å². The van der Waals surface area contributed by atoms with Crippen LogP contribution >= 0.6 is 0 Å². The maximum absolute atomic E-state index is 12.4. The smallest absolute Gasteiger partial charge is 0.317 e. The van der Waals surface area contributed by atoms with Gasteiger partial charge in [-0.2, -0.15) is 0 Å². The van der Waals surface area contributed by atoms with Crippen LogP contribution in [0.1, 0.15) is 40.5 Å². The molecule has 2 rings (SSSR count). The molecule has 2 amide bonds. The summed E-state index contributed by atoms with van der Waals surface area (Å²) < 4.78 is 5.80. The summed E-state index contributed by atoms with van der Waals surface area (Å²) in [6.45, 7) is 15.0. The number of hydrogen-bond donors (Lipinski definition) is 1. The van der Waals surface area contributed by atoms with Crippen LogP contribution < -0.4 is 5.32 Å². The number of hydrogen-bond acceptors (Lipinski definition) is 3. The van der Waals surface area contributed by atoms with Gasteiger partial charge in [-0.1, -0.05) is 20.8 Å². The van der Waals surface area contributed by atoms with Gasteiger partial charge in [0.25, 0.3) is 0 Å². The molecule has 128 valence electrons. The Morgan fingerprint density at radius 1 is 1.41 bits per heavy atom. The van der Waals surface area contributed by atoms with Crippen LogP contribution in [-0.4, -0.2) is 67.3 Å². The second-order valence-electron chi connectivity index (χ2n) is 7.57. The summed E-state index contributed by atoms with van der Waals surface area (Å²) in [6.07, 6.45) is 2.13. The van der Waals surface area contributed by atoms with Crippen molar-refractivity contribution in [3.8, 4) is 0 Å². The van der Waals surface area contributed by atoms with Gasteiger partial charge in [-0.25, -0.2) is 4.79 Å². The Balaban J connectivity index is 1.72. The van der Waals surface area contributed by atoms with Crippen molar-refractivity contribution in [3.05, 3.63) is 0 Å². The van der Waals surface area contributed by atoms with Gasteiger partial charge in [0.15, 0.2) is 0 Å². The van der Waals surface area contributed by atoms with Crippen molar-refractivity contribution >= 4 is 6.03 Å². The zero-order valence-corrected chi connectivity index (χ0v) is 14.7. The minimum absolute atomic E-state index is 0.0743. The standard InChI is InChI=1S/C17H33N3O2/c1-5-17(4)13-20(8-9-22-17)16(21)18-10-15-6-7-19(12-15)11-14(2)3/h14-15H,5-13H2,1-4H3,(H,18,21)/t15-,17+/m0/s1. The molecule has 5 heteroatoms. The summed E-state index contributed by atoms with van der Waals surface area (Å²) in [5.74, 6) is 1.31. The lowest BCUT2D eigenvalue weighted by atomic mass is 10.0. The van der Waals surface area contributed by atoms with E-state index >= 15 is 0 Å². The van der Waals surface area contributed by atoms with E-state index in [1.165, 1.54) is 19.5 Å². The maximum Gasteiger partial charge on any atom is 0.317 e. The zero-order valence-electron chi connectivity index (χ0n) is 14.7. The molecule has 2 saturated heterocycles. The molecule has 22 heavy (non-hydrogen) atoms. The number of nitrogens with zero attached hydrogens (tertiary/aromatic N) is 2. The van der Waals surface area contributed by atoms with Crippen LogP contribution in [0.3, 0.4) is 0 Å². The monoisotopic (exact) mass is 311 g/mol. The van der Waals surface area contributed by atoms with E-state index < -0.39 is 0 Å². The Kier molecular flexibility index (Phi) is 6.09. The first-order valence-corrected chi connectivity index (χ1v) is 8.81. The molecule has 2 fully saturated rings. The lowest BCUT2D eigenvalue weighted by Gasteiger charge is -2.40. The average Bonchev–Trinajstić information content (AvgIpc) is 2.91. The SMILES string of the molecule is CC[C@]1(C)CN(C(=O)NC[C@@H]2CCN(CC(C)C)C2)CCO1. The summed E-state index contributed by atoms with van der Waals surface area (Å²) in [5.41, 5.74) is -0.184. The van der Waals surface area contributed by atoms with Gasteiger partial charge in [0.2, 0.25) is 0 Å². The normalized spacial score (nSPS) is 30.0. The molecule has 2 aliphatic rings. The first kappa shape index (κ1) is 17.5. The maximum atomic E-state index is 12.4. The van der Waals surface area contributed by atoms with Crippen LogP contribution in [0.4, 0.5) is 4.79 Å². The molecule has 0 spiro atoms. The van der Waals surface area contributed by atoms with Gasteiger partial charge in [-0.3, -0.25) is 0 Å². The third-order valence-electron chi connectivity index (χ3n) is 4.91. The highest BCUT2D eigenvalue weighted by molar-refractivity contribution is 5.74. The molecule has 0 aromatic carbocycles. The predicted octanol–water partition coefficient (Wildman–Crippen LogP) is 2.17. The molecule has 0 aromatic rings. The second kappa shape index (κ2) is 7.64. The highest BCUT2D eigenvalue weighted by atomic mass is 16.5. The zero-order chi connectivity index (χ0) is 16.2. The van der Waals surface area contributed by atoms with Crippen molar-refractivity contribution < 1.29 is 9.53 Å². The van der Waals surface area contributed by atoms with Gasteiger partial charge in [0.1, 0.15) is 0 Å². The third-order valence-corrected chi connectivity index (χ3v) is 4.91. The van der Waals surface area contributed by atoms with Gasteiger partial charge in [-0.05, 0) is 38.1 Å². The summed E-state index contributed by atoms with van der Waals surface area (Å²) in [5, 5.41) is 3.13. The Hall–Kier alpha value is -0.810. The van der Waals surface area contributed by atoms with E-state index in [4.69, 9.17) is 4.74 Å². The molecule has 0 unspecified atom stereocenters. The van der Waals surface area contributed by atoms with E-state index in [-0.39, 0.29) is 11.6 Å². The van der Waals surface area contributed by atoms with Gasteiger partial charge < -0.3 is 19.9 Å². The van der Waals surface area contributed by atoms with Gasteiger partial charge in [0.05, 0.1) is 18.8 Å². The van der Waals surface area contributed by atoms with Crippen molar-refractivity contribution in [2.45, 2.75) is 46.1 Å². The van der Waals surface area contributed by atoms with Crippen LogP contribution in [0.25, 0.3) is 0 Å². The van der Waals surface area contributed by atoms with Crippen LogP contribution in [-0.2, 0) is 4.74 Å². The Morgan fingerprint density at radius 3 is 2.86 bits per heavy atom. The highest BCUT2D eigenvalue weighted by Gasteiger charge is 2.33. The van der Waals surface area contributed by atoms with Crippen molar-refractivity contribution in [1.82, 2.24) is 15.1 Å². The molecule has 5 nitrogen and oxygen atoms in total. The molecule has 0 saturated carbocycles. The predicted molar refractivity (Wildman–Crippen MR) is 89.0 cm³/mol. The number of ether oxygens (including phenoxy) is 1. The highest BCUT2D eigenvalue weighted by Crippen LogP contribution is 2.21. The molecule has 2 heterocycles. The summed E-state index contributed by atoms with van der Waals surface area (Å²) in [6, 6.07) is 0.0743. The molecule has 0 bridgehead atoms. The van der Waals surface area contributed by atoms with E-state index in [9.17, 15) is 4.79 Å². The molecule has 0 radical (unpaired) electrons. The molecule has 2 atom stereocenters. The quantitative estimate of drug-likeness (QED) is 0.846. The molecule has 2 aliphatic heterocycles. The van der Waals surface area contributed by atoms with Crippen molar-refractivity contribution in [2.24, 2.45) is 11.8 Å². The van der Waals surface area contributed by atoms with Crippen LogP contribution in [0.2, 0.25) is 0 Å². The molecule has 1 N–H and O–H groups in total.